The van der Waals surface area contributed by atoms with Crippen LogP contribution in [0, 0.1) is 11.6 Å². The summed E-state index contributed by atoms with van der Waals surface area (Å²) in [5.41, 5.74) is 0.213. The van der Waals surface area contributed by atoms with Crippen molar-refractivity contribution in [2.24, 2.45) is 0 Å². The predicted molar refractivity (Wildman–Crippen MR) is 88.7 cm³/mol. The van der Waals surface area contributed by atoms with Crippen molar-refractivity contribution in [3.63, 3.8) is 0 Å². The zero-order chi connectivity index (χ0) is 17.9. The molecule has 0 saturated heterocycles. The first kappa shape index (κ1) is 18.1. The molecule has 0 aliphatic carbocycles. The second-order valence-corrected chi connectivity index (χ2v) is 6.43. The Hall–Kier alpha value is -2.28. The minimum atomic E-state index is -1.11. The van der Waals surface area contributed by atoms with Crippen molar-refractivity contribution in [3.05, 3.63) is 51.9 Å². The monoisotopic (exact) mass is 353 g/mol. The normalized spacial score (nSPS) is 10.8. The number of thiophene rings is 1. The Kier molecular flexibility index (Phi) is 5.66. The lowest BCUT2D eigenvalue weighted by Gasteiger charge is -2.06. The highest BCUT2D eigenvalue weighted by Crippen LogP contribution is 2.33. The molecule has 1 aromatic heterocycles. The van der Waals surface area contributed by atoms with Crippen LogP contribution in [0.5, 0.6) is 0 Å². The smallest absolute Gasteiger partial charge is 0.341 e. The molecule has 1 heterocycles. The molecular formula is C17H17F2NO3S. The minimum Gasteiger partial charge on any atom is -0.462 e. The molecule has 0 fully saturated rings. The van der Waals surface area contributed by atoms with E-state index in [-0.39, 0.29) is 23.7 Å². The fraction of sp³-hybridized carbons (Fsp3) is 0.294. The fourth-order valence-electron chi connectivity index (χ4n) is 1.96. The van der Waals surface area contributed by atoms with Crippen LogP contribution in [0.1, 0.15) is 52.3 Å². The summed E-state index contributed by atoms with van der Waals surface area (Å²) in [6.45, 7) is 5.82. The number of hydrogen-bond acceptors (Lipinski definition) is 4. The summed E-state index contributed by atoms with van der Waals surface area (Å²) in [4.78, 5) is 25.2. The largest absolute Gasteiger partial charge is 0.462 e. The number of benzene rings is 1. The summed E-state index contributed by atoms with van der Waals surface area (Å²) < 4.78 is 31.2. The van der Waals surface area contributed by atoms with Gasteiger partial charge in [0.2, 0.25) is 0 Å². The molecule has 0 spiro atoms. The molecule has 1 N–H and O–H groups in total. The number of anilines is 1. The lowest BCUT2D eigenvalue weighted by Crippen LogP contribution is -2.14. The van der Waals surface area contributed by atoms with Crippen LogP contribution in [0.3, 0.4) is 0 Å². The van der Waals surface area contributed by atoms with E-state index in [1.54, 1.807) is 13.0 Å². The summed E-state index contributed by atoms with van der Waals surface area (Å²) in [7, 11) is 0. The van der Waals surface area contributed by atoms with Crippen LogP contribution in [0.2, 0.25) is 0 Å². The van der Waals surface area contributed by atoms with E-state index < -0.39 is 23.5 Å². The Balaban J connectivity index is 2.31. The van der Waals surface area contributed by atoms with E-state index >= 15 is 0 Å². The highest BCUT2D eigenvalue weighted by atomic mass is 32.1. The van der Waals surface area contributed by atoms with Crippen LogP contribution in [-0.2, 0) is 4.74 Å². The fourth-order valence-corrected chi connectivity index (χ4v) is 3.00. The molecule has 7 heteroatoms. The first-order valence-electron chi connectivity index (χ1n) is 7.40. The standard InChI is InChI=1S/C17H17F2NO3S/c1-4-23-17(22)11-8-14(9(2)3)24-16(11)20-15(21)10-5-6-12(18)13(19)7-10/h5-9H,4H2,1-3H3,(H,20,21). The van der Waals surface area contributed by atoms with Gasteiger partial charge in [-0.15, -0.1) is 11.3 Å². The highest BCUT2D eigenvalue weighted by Gasteiger charge is 2.21. The van der Waals surface area contributed by atoms with Crippen molar-refractivity contribution in [2.45, 2.75) is 26.7 Å². The van der Waals surface area contributed by atoms with Crippen LogP contribution in [0.25, 0.3) is 0 Å². The molecule has 0 aliphatic heterocycles. The topological polar surface area (TPSA) is 55.4 Å². The van der Waals surface area contributed by atoms with Gasteiger partial charge in [0, 0.05) is 10.4 Å². The highest BCUT2D eigenvalue weighted by molar-refractivity contribution is 7.16. The van der Waals surface area contributed by atoms with Crippen molar-refractivity contribution < 1.29 is 23.1 Å². The number of hydrogen-bond donors (Lipinski definition) is 1. The van der Waals surface area contributed by atoms with Gasteiger partial charge in [-0.2, -0.15) is 0 Å². The van der Waals surface area contributed by atoms with Crippen molar-refractivity contribution >= 4 is 28.2 Å². The predicted octanol–water partition coefficient (Wildman–Crippen LogP) is 4.58. The van der Waals surface area contributed by atoms with Crippen LogP contribution in [0.4, 0.5) is 13.8 Å². The lowest BCUT2D eigenvalue weighted by molar-refractivity contribution is 0.0528. The van der Waals surface area contributed by atoms with Crippen molar-refractivity contribution in [1.82, 2.24) is 0 Å². The van der Waals surface area contributed by atoms with Gasteiger partial charge in [-0.1, -0.05) is 13.8 Å². The van der Waals surface area contributed by atoms with Crippen LogP contribution in [-0.4, -0.2) is 18.5 Å². The molecule has 0 aliphatic rings. The zero-order valence-corrected chi connectivity index (χ0v) is 14.3. The number of nitrogens with one attached hydrogen (secondary N) is 1. The first-order chi connectivity index (χ1) is 11.3. The number of ether oxygens (including phenoxy) is 1. The summed E-state index contributed by atoms with van der Waals surface area (Å²) in [5, 5.41) is 2.90. The summed E-state index contributed by atoms with van der Waals surface area (Å²) in [6.07, 6.45) is 0. The van der Waals surface area contributed by atoms with Crippen molar-refractivity contribution in [3.8, 4) is 0 Å². The summed E-state index contributed by atoms with van der Waals surface area (Å²) in [6, 6.07) is 4.54. The Morgan fingerprint density at radius 1 is 1.21 bits per heavy atom. The van der Waals surface area contributed by atoms with E-state index in [1.165, 1.54) is 17.4 Å². The third kappa shape index (κ3) is 3.97. The minimum absolute atomic E-state index is 0.0387. The van der Waals surface area contributed by atoms with Gasteiger partial charge >= 0.3 is 5.97 Å². The van der Waals surface area contributed by atoms with Crippen LogP contribution >= 0.6 is 11.3 Å². The molecular weight excluding hydrogens is 336 g/mol. The quantitative estimate of drug-likeness (QED) is 0.801. The molecule has 0 atom stereocenters. The molecule has 0 unspecified atom stereocenters. The van der Waals surface area contributed by atoms with E-state index in [9.17, 15) is 18.4 Å². The number of halogens is 2. The van der Waals surface area contributed by atoms with E-state index in [2.05, 4.69) is 5.32 Å². The molecule has 4 nitrogen and oxygen atoms in total. The Morgan fingerprint density at radius 3 is 2.50 bits per heavy atom. The maximum Gasteiger partial charge on any atom is 0.341 e. The SMILES string of the molecule is CCOC(=O)c1cc(C(C)C)sc1NC(=O)c1ccc(F)c(F)c1. The third-order valence-electron chi connectivity index (χ3n) is 3.22. The van der Waals surface area contributed by atoms with Gasteiger partial charge in [0.15, 0.2) is 11.6 Å². The summed E-state index contributed by atoms with van der Waals surface area (Å²) >= 11 is 1.25. The Morgan fingerprint density at radius 2 is 1.92 bits per heavy atom. The second-order valence-electron chi connectivity index (χ2n) is 5.35. The first-order valence-corrected chi connectivity index (χ1v) is 8.22. The molecule has 0 saturated carbocycles. The van der Waals surface area contributed by atoms with Gasteiger partial charge in [0.1, 0.15) is 5.00 Å². The van der Waals surface area contributed by atoms with E-state index in [1.807, 2.05) is 13.8 Å². The molecule has 0 radical (unpaired) electrons. The van der Waals surface area contributed by atoms with Gasteiger partial charge in [-0.3, -0.25) is 4.79 Å². The Bertz CT molecular complexity index is 771. The Labute approximate surface area is 142 Å². The number of carbonyl (C=O) groups is 2. The average molecular weight is 353 g/mol. The van der Waals surface area contributed by atoms with Gasteiger partial charge in [0.05, 0.1) is 12.2 Å². The number of esters is 1. The van der Waals surface area contributed by atoms with E-state index in [0.717, 1.165) is 17.0 Å². The maximum atomic E-state index is 13.3. The second kappa shape index (κ2) is 7.53. The molecule has 2 rings (SSSR count). The van der Waals surface area contributed by atoms with Gasteiger partial charge < -0.3 is 10.1 Å². The zero-order valence-electron chi connectivity index (χ0n) is 13.5. The molecule has 0 bridgehead atoms. The number of rotatable bonds is 5. The number of carbonyl (C=O) groups excluding carboxylic acids is 2. The maximum absolute atomic E-state index is 13.3. The molecule has 24 heavy (non-hydrogen) atoms. The molecule has 1 aromatic carbocycles. The average Bonchev–Trinajstić information content (AvgIpc) is 2.94. The van der Waals surface area contributed by atoms with Crippen LogP contribution < -0.4 is 5.32 Å². The van der Waals surface area contributed by atoms with E-state index in [0.29, 0.717) is 5.00 Å². The molecule has 1 amide bonds. The van der Waals surface area contributed by atoms with Crippen LogP contribution in [0.15, 0.2) is 24.3 Å². The molecule has 2 aromatic rings. The van der Waals surface area contributed by atoms with E-state index in [4.69, 9.17) is 4.74 Å². The van der Waals surface area contributed by atoms with Crippen molar-refractivity contribution in [2.75, 3.05) is 11.9 Å². The van der Waals surface area contributed by atoms with Gasteiger partial charge in [-0.25, -0.2) is 13.6 Å². The lowest BCUT2D eigenvalue weighted by atomic mass is 10.1. The summed E-state index contributed by atoms with van der Waals surface area (Å²) in [5.74, 6) is -3.14. The van der Waals surface area contributed by atoms with Gasteiger partial charge in [-0.05, 0) is 37.1 Å². The number of amides is 1. The molecule has 128 valence electrons. The van der Waals surface area contributed by atoms with Gasteiger partial charge in [0.25, 0.3) is 5.91 Å². The third-order valence-corrected chi connectivity index (χ3v) is 4.58. The van der Waals surface area contributed by atoms with Crippen molar-refractivity contribution in [1.29, 1.82) is 0 Å².